The van der Waals surface area contributed by atoms with E-state index in [2.05, 4.69) is 5.32 Å². The Kier molecular flexibility index (Phi) is 6.35. The fraction of sp³-hybridized carbons (Fsp3) is 0.538. The summed E-state index contributed by atoms with van der Waals surface area (Å²) in [6.07, 6.45) is 0.715. The van der Waals surface area contributed by atoms with E-state index in [0.29, 0.717) is 19.5 Å². The van der Waals surface area contributed by atoms with Crippen molar-refractivity contribution in [2.75, 3.05) is 13.6 Å². The molecule has 0 radical (unpaired) electrons. The Bertz CT molecular complexity index is 406. The number of urea groups is 1. The number of nitrogens with zero attached hydrogens (tertiary/aromatic N) is 1. The lowest BCUT2D eigenvalue weighted by atomic mass is 10.1. The van der Waals surface area contributed by atoms with E-state index in [1.807, 2.05) is 24.4 Å². The molecule has 0 bridgehead atoms. The molecular formula is C13H20N2O3S. The number of carbonyl (C=O) groups is 2. The first kappa shape index (κ1) is 15.5. The Morgan fingerprint density at radius 3 is 2.84 bits per heavy atom. The van der Waals surface area contributed by atoms with Gasteiger partial charge in [-0.3, -0.25) is 4.79 Å². The number of amides is 2. The van der Waals surface area contributed by atoms with Crippen molar-refractivity contribution in [3.63, 3.8) is 0 Å². The van der Waals surface area contributed by atoms with E-state index in [0.717, 1.165) is 4.88 Å². The van der Waals surface area contributed by atoms with Crippen LogP contribution in [0, 0.1) is 5.92 Å². The highest BCUT2D eigenvalue weighted by Gasteiger charge is 2.11. The molecule has 1 aromatic rings. The molecule has 1 heterocycles. The molecule has 19 heavy (non-hydrogen) atoms. The Labute approximate surface area is 117 Å². The van der Waals surface area contributed by atoms with Gasteiger partial charge in [-0.15, -0.1) is 11.3 Å². The van der Waals surface area contributed by atoms with Crippen LogP contribution in [0.25, 0.3) is 0 Å². The van der Waals surface area contributed by atoms with Gasteiger partial charge in [-0.25, -0.2) is 4.79 Å². The molecular weight excluding hydrogens is 264 g/mol. The van der Waals surface area contributed by atoms with Crippen LogP contribution in [0.1, 0.15) is 24.6 Å². The Balaban J connectivity index is 2.24. The van der Waals surface area contributed by atoms with Gasteiger partial charge in [-0.1, -0.05) is 13.0 Å². The molecule has 6 heteroatoms. The molecule has 1 aromatic heterocycles. The van der Waals surface area contributed by atoms with Crippen molar-refractivity contribution in [2.24, 2.45) is 5.92 Å². The topological polar surface area (TPSA) is 69.6 Å². The average Bonchev–Trinajstić information content (AvgIpc) is 2.86. The standard InChI is InChI=1S/C13H20N2O3S/c1-10(5-6-12(16)17)8-14-13(18)15(2)9-11-4-3-7-19-11/h3-4,7,10H,5-6,8-9H2,1-2H3,(H,14,18)(H,16,17). The van der Waals surface area contributed by atoms with E-state index in [1.165, 1.54) is 0 Å². The number of nitrogens with one attached hydrogen (secondary N) is 1. The minimum atomic E-state index is -0.798. The molecule has 1 rings (SSSR count). The molecule has 1 unspecified atom stereocenters. The number of carboxylic acids is 1. The van der Waals surface area contributed by atoms with Crippen LogP contribution >= 0.6 is 11.3 Å². The van der Waals surface area contributed by atoms with Crippen molar-refractivity contribution >= 4 is 23.3 Å². The van der Waals surface area contributed by atoms with Crippen LogP contribution in [-0.2, 0) is 11.3 Å². The first-order valence-electron chi connectivity index (χ1n) is 6.22. The monoisotopic (exact) mass is 284 g/mol. The zero-order valence-corrected chi connectivity index (χ0v) is 12.1. The van der Waals surface area contributed by atoms with Gasteiger partial charge < -0.3 is 15.3 Å². The van der Waals surface area contributed by atoms with Crippen LogP contribution < -0.4 is 5.32 Å². The molecule has 0 spiro atoms. The molecule has 0 aliphatic heterocycles. The second kappa shape index (κ2) is 7.78. The molecule has 2 N–H and O–H groups in total. The maximum atomic E-state index is 11.8. The molecule has 0 aromatic carbocycles. The van der Waals surface area contributed by atoms with Crippen LogP contribution in [0.5, 0.6) is 0 Å². The molecule has 2 amide bonds. The second-order valence-corrected chi connectivity index (χ2v) is 5.69. The van der Waals surface area contributed by atoms with Gasteiger partial charge in [0, 0.05) is 24.9 Å². The van der Waals surface area contributed by atoms with Crippen molar-refractivity contribution < 1.29 is 14.7 Å². The molecule has 0 saturated carbocycles. The summed E-state index contributed by atoms with van der Waals surface area (Å²) in [6.45, 7) is 3.02. The Morgan fingerprint density at radius 2 is 2.26 bits per heavy atom. The highest BCUT2D eigenvalue weighted by molar-refractivity contribution is 7.09. The van der Waals surface area contributed by atoms with Gasteiger partial charge in [0.1, 0.15) is 0 Å². The minimum absolute atomic E-state index is 0.129. The van der Waals surface area contributed by atoms with Crippen LogP contribution in [-0.4, -0.2) is 35.6 Å². The predicted molar refractivity (Wildman–Crippen MR) is 75.2 cm³/mol. The molecule has 106 valence electrons. The van der Waals surface area contributed by atoms with E-state index in [1.54, 1.807) is 23.3 Å². The van der Waals surface area contributed by atoms with E-state index in [-0.39, 0.29) is 18.4 Å². The van der Waals surface area contributed by atoms with Crippen LogP contribution in [0.2, 0.25) is 0 Å². The summed E-state index contributed by atoms with van der Waals surface area (Å²) in [7, 11) is 1.75. The number of hydrogen-bond donors (Lipinski definition) is 2. The number of carbonyl (C=O) groups excluding carboxylic acids is 1. The predicted octanol–water partition coefficient (Wildman–Crippen LogP) is 2.39. The molecule has 0 fully saturated rings. The first-order valence-corrected chi connectivity index (χ1v) is 7.10. The third-order valence-electron chi connectivity index (χ3n) is 2.77. The number of aliphatic carboxylic acids is 1. The van der Waals surface area contributed by atoms with E-state index < -0.39 is 5.97 Å². The van der Waals surface area contributed by atoms with E-state index in [9.17, 15) is 9.59 Å². The van der Waals surface area contributed by atoms with Gasteiger partial charge in [-0.2, -0.15) is 0 Å². The summed E-state index contributed by atoms with van der Waals surface area (Å²) in [5.41, 5.74) is 0. The number of rotatable bonds is 7. The zero-order chi connectivity index (χ0) is 14.3. The molecule has 0 saturated heterocycles. The highest BCUT2D eigenvalue weighted by atomic mass is 32.1. The zero-order valence-electron chi connectivity index (χ0n) is 11.3. The number of hydrogen-bond acceptors (Lipinski definition) is 3. The van der Waals surface area contributed by atoms with Gasteiger partial charge in [0.05, 0.1) is 6.54 Å². The number of thiophene rings is 1. The van der Waals surface area contributed by atoms with Crippen molar-refractivity contribution in [2.45, 2.75) is 26.3 Å². The lowest BCUT2D eigenvalue weighted by Crippen LogP contribution is -2.38. The van der Waals surface area contributed by atoms with Crippen LogP contribution in [0.15, 0.2) is 17.5 Å². The quantitative estimate of drug-likeness (QED) is 0.807. The fourth-order valence-corrected chi connectivity index (χ4v) is 2.33. The molecule has 0 aliphatic rings. The summed E-state index contributed by atoms with van der Waals surface area (Å²) in [5, 5.41) is 13.4. The maximum absolute atomic E-state index is 11.8. The SMILES string of the molecule is CC(CCC(=O)O)CNC(=O)N(C)Cc1cccs1. The largest absolute Gasteiger partial charge is 0.481 e. The Morgan fingerprint density at radius 1 is 1.53 bits per heavy atom. The fourth-order valence-electron chi connectivity index (χ4n) is 1.58. The van der Waals surface area contributed by atoms with Crippen molar-refractivity contribution in [1.82, 2.24) is 10.2 Å². The summed E-state index contributed by atoms with van der Waals surface area (Å²) in [5.74, 6) is -0.636. The lowest BCUT2D eigenvalue weighted by Gasteiger charge is -2.19. The van der Waals surface area contributed by atoms with E-state index in [4.69, 9.17) is 5.11 Å². The van der Waals surface area contributed by atoms with Crippen LogP contribution in [0.3, 0.4) is 0 Å². The van der Waals surface area contributed by atoms with Crippen molar-refractivity contribution in [3.8, 4) is 0 Å². The minimum Gasteiger partial charge on any atom is -0.481 e. The highest BCUT2D eigenvalue weighted by Crippen LogP contribution is 2.11. The van der Waals surface area contributed by atoms with Gasteiger partial charge in [0.2, 0.25) is 0 Å². The third kappa shape index (κ3) is 6.24. The van der Waals surface area contributed by atoms with E-state index >= 15 is 0 Å². The second-order valence-electron chi connectivity index (χ2n) is 4.66. The molecule has 0 aliphatic carbocycles. The van der Waals surface area contributed by atoms with Gasteiger partial charge in [0.25, 0.3) is 0 Å². The first-order chi connectivity index (χ1) is 8.99. The average molecular weight is 284 g/mol. The lowest BCUT2D eigenvalue weighted by molar-refractivity contribution is -0.137. The summed E-state index contributed by atoms with van der Waals surface area (Å²) >= 11 is 1.62. The Hall–Kier alpha value is -1.56. The smallest absolute Gasteiger partial charge is 0.317 e. The maximum Gasteiger partial charge on any atom is 0.317 e. The van der Waals surface area contributed by atoms with Crippen molar-refractivity contribution in [1.29, 1.82) is 0 Å². The summed E-state index contributed by atoms with van der Waals surface area (Å²) in [4.78, 5) is 25.0. The summed E-state index contributed by atoms with van der Waals surface area (Å²) in [6, 6.07) is 3.82. The summed E-state index contributed by atoms with van der Waals surface area (Å²) < 4.78 is 0. The molecule has 1 atom stereocenters. The van der Waals surface area contributed by atoms with Crippen molar-refractivity contribution in [3.05, 3.63) is 22.4 Å². The van der Waals surface area contributed by atoms with Gasteiger partial charge >= 0.3 is 12.0 Å². The third-order valence-corrected chi connectivity index (χ3v) is 3.63. The molecule has 5 nitrogen and oxygen atoms in total. The van der Waals surface area contributed by atoms with Gasteiger partial charge in [-0.05, 0) is 23.8 Å². The van der Waals surface area contributed by atoms with Crippen LogP contribution in [0.4, 0.5) is 4.79 Å². The number of carboxylic acid groups (broad SMARTS) is 1. The normalized spacial score (nSPS) is 11.9. The van der Waals surface area contributed by atoms with Gasteiger partial charge in [0.15, 0.2) is 0 Å².